The van der Waals surface area contributed by atoms with Crippen molar-refractivity contribution >= 4 is 27.4 Å². The van der Waals surface area contributed by atoms with Gasteiger partial charge in [0, 0.05) is 19.1 Å². The molecule has 2 heterocycles. The number of sulfonamides is 1. The van der Waals surface area contributed by atoms with Gasteiger partial charge in [-0.25, -0.2) is 17.9 Å². The standard InChI is InChI=1S/C23H31N3O3S2/c27-23(24-22(18-8-3-1-4-9-18)19-10-5-2-6-11-19)26-15-13-20(14-16-26)25-31(28,29)21-12-7-17-30-21/h1,3-4,7-9,12,17,19-20,22,25H,2,5-6,10-11,13-16H2,(H,24,27). The number of likely N-dealkylation sites (tertiary alicyclic amines) is 1. The Morgan fingerprint density at radius 2 is 1.68 bits per heavy atom. The Bertz CT molecular complexity index is 934. The zero-order valence-corrected chi connectivity index (χ0v) is 19.3. The van der Waals surface area contributed by atoms with Crippen LogP contribution in [0.15, 0.2) is 52.1 Å². The molecule has 4 rings (SSSR count). The van der Waals surface area contributed by atoms with Crippen LogP contribution in [0, 0.1) is 5.92 Å². The topological polar surface area (TPSA) is 78.5 Å². The number of amides is 2. The van der Waals surface area contributed by atoms with Crippen LogP contribution in [0.2, 0.25) is 0 Å². The van der Waals surface area contributed by atoms with Gasteiger partial charge < -0.3 is 10.2 Å². The molecule has 0 spiro atoms. The lowest BCUT2D eigenvalue weighted by Gasteiger charge is -2.36. The third kappa shape index (κ3) is 5.67. The molecule has 6 nitrogen and oxygen atoms in total. The van der Waals surface area contributed by atoms with Gasteiger partial charge in [0.25, 0.3) is 0 Å². The molecule has 1 atom stereocenters. The predicted octanol–water partition coefficient (Wildman–Crippen LogP) is 4.52. The van der Waals surface area contributed by atoms with Crippen LogP contribution in [0.25, 0.3) is 0 Å². The van der Waals surface area contributed by atoms with Gasteiger partial charge >= 0.3 is 6.03 Å². The van der Waals surface area contributed by atoms with Crippen LogP contribution in [0.3, 0.4) is 0 Å². The summed E-state index contributed by atoms with van der Waals surface area (Å²) >= 11 is 1.22. The summed E-state index contributed by atoms with van der Waals surface area (Å²) < 4.78 is 28.1. The number of carbonyl (C=O) groups is 1. The van der Waals surface area contributed by atoms with Crippen LogP contribution in [0.5, 0.6) is 0 Å². The molecule has 1 unspecified atom stereocenters. The maximum Gasteiger partial charge on any atom is 0.317 e. The number of urea groups is 1. The second kappa shape index (κ2) is 10.1. The Morgan fingerprint density at radius 3 is 2.32 bits per heavy atom. The minimum atomic E-state index is -3.47. The van der Waals surface area contributed by atoms with Gasteiger partial charge in [-0.3, -0.25) is 0 Å². The molecule has 8 heteroatoms. The molecule has 0 radical (unpaired) electrons. The van der Waals surface area contributed by atoms with Crippen molar-refractivity contribution in [3.05, 3.63) is 53.4 Å². The number of nitrogens with one attached hydrogen (secondary N) is 2. The quantitative estimate of drug-likeness (QED) is 0.664. The fourth-order valence-corrected chi connectivity index (χ4v) is 7.03. The molecule has 31 heavy (non-hydrogen) atoms. The van der Waals surface area contributed by atoms with E-state index in [1.807, 2.05) is 23.1 Å². The Balaban J connectivity index is 1.35. The normalized spacial score (nSPS) is 19.8. The molecular formula is C23H31N3O3S2. The van der Waals surface area contributed by atoms with Crippen LogP contribution >= 0.6 is 11.3 Å². The number of hydrogen-bond donors (Lipinski definition) is 2. The van der Waals surface area contributed by atoms with Crippen molar-refractivity contribution in [2.75, 3.05) is 13.1 Å². The highest BCUT2D eigenvalue weighted by Crippen LogP contribution is 2.34. The van der Waals surface area contributed by atoms with Crippen molar-refractivity contribution in [3.63, 3.8) is 0 Å². The average molecular weight is 462 g/mol. The molecule has 1 aromatic carbocycles. The van der Waals surface area contributed by atoms with Crippen LogP contribution in [0.1, 0.15) is 56.6 Å². The predicted molar refractivity (Wildman–Crippen MR) is 124 cm³/mol. The molecule has 1 aliphatic carbocycles. The van der Waals surface area contributed by atoms with Crippen molar-refractivity contribution in [3.8, 4) is 0 Å². The average Bonchev–Trinajstić information content (AvgIpc) is 3.35. The largest absolute Gasteiger partial charge is 0.331 e. The van der Waals surface area contributed by atoms with Crippen molar-refractivity contribution in [1.29, 1.82) is 0 Å². The Labute approximate surface area is 189 Å². The van der Waals surface area contributed by atoms with E-state index in [4.69, 9.17) is 0 Å². The molecular weight excluding hydrogens is 430 g/mol. The van der Waals surface area contributed by atoms with E-state index >= 15 is 0 Å². The maximum atomic E-state index is 13.1. The lowest BCUT2D eigenvalue weighted by Crippen LogP contribution is -2.50. The van der Waals surface area contributed by atoms with Gasteiger partial charge in [0.2, 0.25) is 10.0 Å². The summed E-state index contributed by atoms with van der Waals surface area (Å²) in [4.78, 5) is 14.9. The second-order valence-corrected chi connectivity index (χ2v) is 11.4. The molecule has 168 valence electrons. The molecule has 1 aliphatic heterocycles. The van der Waals surface area contributed by atoms with E-state index in [0.29, 0.717) is 36.1 Å². The van der Waals surface area contributed by atoms with Crippen molar-refractivity contribution in [2.45, 2.75) is 61.2 Å². The zero-order valence-electron chi connectivity index (χ0n) is 17.7. The molecule has 2 aliphatic rings. The minimum absolute atomic E-state index is 0.0315. The molecule has 2 N–H and O–H groups in total. The highest BCUT2D eigenvalue weighted by molar-refractivity contribution is 7.91. The van der Waals surface area contributed by atoms with E-state index in [2.05, 4.69) is 22.2 Å². The van der Waals surface area contributed by atoms with E-state index in [0.717, 1.165) is 12.8 Å². The summed E-state index contributed by atoms with van der Waals surface area (Å²) in [7, 11) is -3.47. The summed E-state index contributed by atoms with van der Waals surface area (Å²) in [5.74, 6) is 0.468. The number of rotatable bonds is 6. The fraction of sp³-hybridized carbons (Fsp3) is 0.522. The van der Waals surface area contributed by atoms with Crippen LogP contribution in [-0.4, -0.2) is 38.5 Å². The van der Waals surface area contributed by atoms with Crippen LogP contribution < -0.4 is 10.0 Å². The van der Waals surface area contributed by atoms with Gasteiger partial charge in [-0.1, -0.05) is 55.7 Å². The van der Waals surface area contributed by atoms with Gasteiger partial charge in [0.1, 0.15) is 4.21 Å². The van der Waals surface area contributed by atoms with Crippen molar-refractivity contribution in [2.24, 2.45) is 5.92 Å². The molecule has 0 bridgehead atoms. The van der Waals surface area contributed by atoms with Crippen molar-refractivity contribution in [1.82, 2.24) is 14.9 Å². The summed E-state index contributed by atoms with van der Waals surface area (Å²) in [5, 5.41) is 5.07. The molecule has 1 saturated carbocycles. The lowest BCUT2D eigenvalue weighted by atomic mass is 9.81. The minimum Gasteiger partial charge on any atom is -0.331 e. The number of nitrogens with zero attached hydrogens (tertiary/aromatic N) is 1. The Morgan fingerprint density at radius 1 is 0.968 bits per heavy atom. The van der Waals surface area contributed by atoms with Gasteiger partial charge in [-0.05, 0) is 48.6 Å². The van der Waals surface area contributed by atoms with E-state index in [1.165, 1.54) is 36.2 Å². The van der Waals surface area contributed by atoms with Gasteiger partial charge in [-0.2, -0.15) is 0 Å². The smallest absolute Gasteiger partial charge is 0.317 e. The number of thiophene rings is 1. The summed E-state index contributed by atoms with van der Waals surface area (Å²) in [6, 6.07) is 13.5. The van der Waals surface area contributed by atoms with E-state index < -0.39 is 10.0 Å². The highest BCUT2D eigenvalue weighted by Gasteiger charge is 2.31. The lowest BCUT2D eigenvalue weighted by molar-refractivity contribution is 0.167. The Kier molecular flexibility index (Phi) is 7.30. The van der Waals surface area contributed by atoms with Crippen molar-refractivity contribution < 1.29 is 13.2 Å². The van der Waals surface area contributed by atoms with Gasteiger partial charge in [-0.15, -0.1) is 11.3 Å². The number of benzene rings is 1. The van der Waals surface area contributed by atoms with Gasteiger partial charge in [0.15, 0.2) is 0 Å². The summed E-state index contributed by atoms with van der Waals surface area (Å²) in [5.41, 5.74) is 1.17. The molecule has 1 aromatic heterocycles. The highest BCUT2D eigenvalue weighted by atomic mass is 32.2. The summed E-state index contributed by atoms with van der Waals surface area (Å²) in [6.45, 7) is 1.10. The first-order valence-corrected chi connectivity index (χ1v) is 13.6. The van der Waals surface area contributed by atoms with E-state index in [1.54, 1.807) is 17.5 Å². The zero-order chi connectivity index (χ0) is 21.7. The number of piperidine rings is 1. The molecule has 1 saturated heterocycles. The SMILES string of the molecule is O=C(NC(c1ccccc1)C1CCCCC1)N1CCC(NS(=O)(=O)c2cccs2)CC1. The van der Waals surface area contributed by atoms with Gasteiger partial charge in [0.05, 0.1) is 6.04 Å². The first-order chi connectivity index (χ1) is 15.0. The number of carbonyl (C=O) groups excluding carboxylic acids is 1. The third-order valence-electron chi connectivity index (χ3n) is 6.42. The Hall–Kier alpha value is -1.90. The maximum absolute atomic E-state index is 13.1. The van der Waals surface area contributed by atoms with Crippen LogP contribution in [0.4, 0.5) is 4.79 Å². The molecule has 2 aromatic rings. The van der Waals surface area contributed by atoms with E-state index in [9.17, 15) is 13.2 Å². The van der Waals surface area contributed by atoms with Crippen LogP contribution in [-0.2, 0) is 10.0 Å². The number of hydrogen-bond acceptors (Lipinski definition) is 4. The fourth-order valence-electron chi connectivity index (χ4n) is 4.72. The van der Waals surface area contributed by atoms with E-state index in [-0.39, 0.29) is 18.1 Å². The monoisotopic (exact) mass is 461 g/mol. The molecule has 2 fully saturated rings. The third-order valence-corrected chi connectivity index (χ3v) is 9.34. The first-order valence-electron chi connectivity index (χ1n) is 11.2. The summed E-state index contributed by atoms with van der Waals surface area (Å²) in [6.07, 6.45) is 7.26. The first kappa shape index (κ1) is 22.3. The second-order valence-electron chi connectivity index (χ2n) is 8.55. The molecule has 2 amide bonds.